The number of fused-ring (bicyclic) bond motifs is 1. The summed E-state index contributed by atoms with van der Waals surface area (Å²) in [6, 6.07) is 2.81. The Hall–Kier alpha value is -2.91. The molecule has 0 atom stereocenters. The fourth-order valence-corrected chi connectivity index (χ4v) is 2.61. The van der Waals surface area contributed by atoms with Crippen molar-refractivity contribution in [2.24, 2.45) is 0 Å². The fraction of sp³-hybridized carbons (Fsp3) is 0.417. The number of nitro groups is 1. The van der Waals surface area contributed by atoms with Gasteiger partial charge in [0.15, 0.2) is 0 Å². The lowest BCUT2D eigenvalue weighted by Crippen LogP contribution is -2.48. The lowest BCUT2D eigenvalue weighted by Gasteiger charge is -2.35. The molecular weight excluding hydrogens is 294 g/mol. The van der Waals surface area contributed by atoms with Crippen molar-refractivity contribution in [1.29, 1.82) is 0 Å². The number of piperazine rings is 1. The second-order valence-electron chi connectivity index (χ2n) is 4.98. The van der Waals surface area contributed by atoms with E-state index in [4.69, 9.17) is 0 Å². The van der Waals surface area contributed by atoms with E-state index in [2.05, 4.69) is 9.79 Å². The molecule has 22 heavy (non-hydrogen) atoms. The van der Waals surface area contributed by atoms with E-state index >= 15 is 0 Å². The molecule has 0 saturated carbocycles. The number of carbonyl (C=O) groups is 1. The van der Waals surface area contributed by atoms with Gasteiger partial charge in [0, 0.05) is 39.2 Å². The highest BCUT2D eigenvalue weighted by molar-refractivity contribution is 5.92. The van der Waals surface area contributed by atoms with Crippen molar-refractivity contribution >= 4 is 28.3 Å². The Morgan fingerprint density at radius 3 is 2.64 bits per heavy atom. The van der Waals surface area contributed by atoms with Crippen LogP contribution in [0, 0.1) is 15.3 Å². The molecule has 10 heteroatoms. The molecule has 1 saturated heterocycles. The number of hydrogen-bond acceptors (Lipinski definition) is 7. The van der Waals surface area contributed by atoms with Gasteiger partial charge in [0.05, 0.1) is 15.8 Å². The van der Waals surface area contributed by atoms with E-state index in [0.717, 1.165) is 0 Å². The number of nitro benzene ring substituents is 1. The first-order chi connectivity index (χ1) is 10.5. The third-order valence-corrected chi connectivity index (χ3v) is 3.76. The highest BCUT2D eigenvalue weighted by Gasteiger charge is 2.29. The number of rotatable bonds is 2. The summed E-state index contributed by atoms with van der Waals surface area (Å²) in [5.74, 6) is -0.00244. The fourth-order valence-electron chi connectivity index (χ4n) is 2.61. The van der Waals surface area contributed by atoms with Crippen molar-refractivity contribution < 1.29 is 19.2 Å². The third-order valence-electron chi connectivity index (χ3n) is 3.76. The summed E-state index contributed by atoms with van der Waals surface area (Å²) in [5.41, 5.74) is 0.191. The number of hydrogen-bond donors (Lipinski definition) is 0. The number of amides is 1. The molecule has 1 amide bonds. The summed E-state index contributed by atoms with van der Waals surface area (Å²) >= 11 is 0. The first kappa shape index (κ1) is 14.0. The zero-order valence-electron chi connectivity index (χ0n) is 11.8. The Labute approximate surface area is 124 Å². The van der Waals surface area contributed by atoms with E-state index in [1.165, 1.54) is 19.1 Å². The zero-order chi connectivity index (χ0) is 15.9. The largest absolute Gasteiger partial charge is 0.364 e. The lowest BCUT2D eigenvalue weighted by atomic mass is 10.2. The SMILES string of the molecule is CC(=O)N1CCN(c2ccc([N+](=O)[O-])c3no[n+]([O-])c23)CC1. The Balaban J connectivity index is 1.99. The van der Waals surface area contributed by atoms with Crippen LogP contribution in [0.4, 0.5) is 11.4 Å². The molecule has 0 unspecified atom stereocenters. The predicted molar refractivity (Wildman–Crippen MR) is 74.1 cm³/mol. The average Bonchev–Trinajstić information content (AvgIpc) is 2.89. The van der Waals surface area contributed by atoms with Crippen molar-refractivity contribution in [3.8, 4) is 0 Å². The summed E-state index contributed by atoms with van der Waals surface area (Å²) in [5, 5.41) is 26.2. The van der Waals surface area contributed by atoms with Crippen LogP contribution in [0.5, 0.6) is 0 Å². The van der Waals surface area contributed by atoms with E-state index in [0.29, 0.717) is 31.9 Å². The molecule has 0 bridgehead atoms. The molecule has 116 valence electrons. The standard InChI is InChI=1S/C12H13N5O5/c1-8(18)14-4-6-15(7-5-14)10-3-2-9(16(19)20)11-12(10)17(21)22-13-11/h2-3H,4-7H2,1H3. The molecule has 0 spiro atoms. The van der Waals surface area contributed by atoms with Crippen LogP contribution in [0.25, 0.3) is 11.0 Å². The molecule has 0 radical (unpaired) electrons. The molecule has 0 aliphatic carbocycles. The van der Waals surface area contributed by atoms with E-state index in [-0.39, 0.29) is 27.5 Å². The maximum absolute atomic E-state index is 11.8. The molecule has 3 rings (SSSR count). The second-order valence-corrected chi connectivity index (χ2v) is 4.98. The predicted octanol–water partition coefficient (Wildman–Crippen LogP) is 0.0379. The molecule has 0 N–H and O–H groups in total. The Kier molecular flexibility index (Phi) is 3.28. The van der Waals surface area contributed by atoms with Crippen LogP contribution in [0.1, 0.15) is 6.92 Å². The van der Waals surface area contributed by atoms with Gasteiger partial charge in [-0.05, 0) is 11.0 Å². The molecule has 1 aliphatic rings. The van der Waals surface area contributed by atoms with Gasteiger partial charge in [-0.2, -0.15) is 0 Å². The Morgan fingerprint density at radius 2 is 2.05 bits per heavy atom. The van der Waals surface area contributed by atoms with Gasteiger partial charge < -0.3 is 15.0 Å². The van der Waals surface area contributed by atoms with Crippen LogP contribution in [0.3, 0.4) is 0 Å². The van der Waals surface area contributed by atoms with Crippen molar-refractivity contribution in [3.63, 3.8) is 0 Å². The third kappa shape index (κ3) is 2.18. The summed E-state index contributed by atoms with van der Waals surface area (Å²) in [7, 11) is 0. The summed E-state index contributed by atoms with van der Waals surface area (Å²) < 4.78 is 4.51. The van der Waals surface area contributed by atoms with E-state index in [9.17, 15) is 20.1 Å². The van der Waals surface area contributed by atoms with Gasteiger partial charge in [-0.25, -0.2) is 0 Å². The highest BCUT2D eigenvalue weighted by atomic mass is 16.8. The van der Waals surface area contributed by atoms with Gasteiger partial charge in [0.1, 0.15) is 0 Å². The van der Waals surface area contributed by atoms with Crippen molar-refractivity contribution in [1.82, 2.24) is 10.1 Å². The zero-order valence-corrected chi connectivity index (χ0v) is 11.8. The minimum absolute atomic E-state index is 0.00244. The first-order valence-corrected chi connectivity index (χ1v) is 6.66. The highest BCUT2D eigenvalue weighted by Crippen LogP contribution is 2.30. The van der Waals surface area contributed by atoms with Crippen LogP contribution < -0.4 is 9.80 Å². The van der Waals surface area contributed by atoms with E-state index < -0.39 is 4.92 Å². The molecular formula is C12H13N5O5. The molecule has 10 nitrogen and oxygen atoms in total. The van der Waals surface area contributed by atoms with Crippen LogP contribution in [-0.4, -0.2) is 47.1 Å². The summed E-state index contributed by atoms with van der Waals surface area (Å²) in [6.07, 6.45) is 0. The molecule has 2 aromatic rings. The quantitative estimate of drug-likeness (QED) is 0.436. The number of benzene rings is 1. The van der Waals surface area contributed by atoms with Crippen LogP contribution in [0.15, 0.2) is 16.8 Å². The Morgan fingerprint density at radius 1 is 1.36 bits per heavy atom. The van der Waals surface area contributed by atoms with Crippen molar-refractivity contribution in [2.75, 3.05) is 31.1 Å². The van der Waals surface area contributed by atoms with Crippen LogP contribution >= 0.6 is 0 Å². The number of aromatic nitrogens is 2. The molecule has 2 heterocycles. The molecule has 1 fully saturated rings. The normalized spacial score (nSPS) is 15.3. The van der Waals surface area contributed by atoms with E-state index in [1.807, 2.05) is 4.90 Å². The van der Waals surface area contributed by atoms with E-state index in [1.54, 1.807) is 4.90 Å². The van der Waals surface area contributed by atoms with Crippen LogP contribution in [-0.2, 0) is 4.79 Å². The number of anilines is 1. The van der Waals surface area contributed by atoms with Crippen LogP contribution in [0.2, 0.25) is 0 Å². The molecule has 1 aliphatic heterocycles. The first-order valence-electron chi connectivity index (χ1n) is 6.66. The summed E-state index contributed by atoms with van der Waals surface area (Å²) in [6.45, 7) is 3.61. The molecule has 1 aromatic carbocycles. The molecule has 1 aromatic heterocycles. The number of non-ortho nitro benzene ring substituents is 1. The number of nitrogens with zero attached hydrogens (tertiary/aromatic N) is 5. The number of carbonyl (C=O) groups excluding carboxylic acids is 1. The van der Waals surface area contributed by atoms with Gasteiger partial charge >= 0.3 is 11.2 Å². The van der Waals surface area contributed by atoms with Gasteiger partial charge in [0.2, 0.25) is 5.91 Å². The summed E-state index contributed by atoms with van der Waals surface area (Å²) in [4.78, 5) is 25.5. The smallest absolute Gasteiger partial charge is 0.327 e. The van der Waals surface area contributed by atoms with Gasteiger partial charge in [0.25, 0.3) is 5.52 Å². The lowest BCUT2D eigenvalue weighted by molar-refractivity contribution is -0.782. The average molecular weight is 307 g/mol. The maximum atomic E-state index is 11.8. The topological polar surface area (TPSA) is 120 Å². The maximum Gasteiger partial charge on any atom is 0.327 e. The second kappa shape index (κ2) is 5.13. The van der Waals surface area contributed by atoms with Crippen molar-refractivity contribution in [2.45, 2.75) is 6.92 Å². The van der Waals surface area contributed by atoms with Gasteiger partial charge in [-0.3, -0.25) is 19.5 Å². The minimum atomic E-state index is -0.609. The van der Waals surface area contributed by atoms with Gasteiger partial charge in [-0.15, -0.1) is 0 Å². The minimum Gasteiger partial charge on any atom is -0.364 e. The monoisotopic (exact) mass is 307 g/mol. The van der Waals surface area contributed by atoms with Gasteiger partial charge in [-0.1, -0.05) is 0 Å². The Bertz CT molecular complexity index is 750. The van der Waals surface area contributed by atoms with Crippen molar-refractivity contribution in [3.05, 3.63) is 27.5 Å².